The second-order valence-corrected chi connectivity index (χ2v) is 5.08. The summed E-state index contributed by atoms with van der Waals surface area (Å²) in [5, 5.41) is 4.43. The number of aromatic nitrogens is 2. The van der Waals surface area contributed by atoms with E-state index < -0.39 is 0 Å². The van der Waals surface area contributed by atoms with Crippen LogP contribution in [0.15, 0.2) is 36.4 Å². The molecule has 0 amide bonds. The molecular formula is C16H19FN2. The van der Waals surface area contributed by atoms with Gasteiger partial charge >= 0.3 is 0 Å². The minimum Gasteiger partial charge on any atom is -0.268 e. The molecule has 0 aliphatic rings. The second-order valence-electron chi connectivity index (χ2n) is 5.08. The van der Waals surface area contributed by atoms with Crippen molar-refractivity contribution in [3.05, 3.63) is 53.5 Å². The predicted octanol–water partition coefficient (Wildman–Crippen LogP) is 4.04. The molecule has 0 spiro atoms. The molecule has 0 N–H and O–H groups in total. The summed E-state index contributed by atoms with van der Waals surface area (Å²) >= 11 is 0. The average molecular weight is 258 g/mol. The Labute approximate surface area is 113 Å². The first-order valence-electron chi connectivity index (χ1n) is 6.41. The summed E-state index contributed by atoms with van der Waals surface area (Å²) in [5.74, 6) is -0.200. The van der Waals surface area contributed by atoms with Crippen molar-refractivity contribution in [1.82, 2.24) is 9.78 Å². The van der Waals surface area contributed by atoms with Crippen LogP contribution in [0.3, 0.4) is 0 Å². The molecule has 0 saturated heterocycles. The highest BCUT2D eigenvalue weighted by atomic mass is 19.1. The van der Waals surface area contributed by atoms with E-state index in [1.165, 1.54) is 0 Å². The Balaban J connectivity index is 2.32. The van der Waals surface area contributed by atoms with Gasteiger partial charge in [-0.15, -0.1) is 6.58 Å². The molecule has 0 unspecified atom stereocenters. The van der Waals surface area contributed by atoms with Crippen LogP contribution in [-0.4, -0.2) is 9.78 Å². The van der Waals surface area contributed by atoms with Gasteiger partial charge in [-0.1, -0.05) is 11.6 Å². The van der Waals surface area contributed by atoms with Gasteiger partial charge in [0.1, 0.15) is 5.82 Å². The van der Waals surface area contributed by atoms with Gasteiger partial charge in [-0.3, -0.25) is 4.68 Å². The second kappa shape index (κ2) is 5.39. The number of benzene rings is 1. The summed E-state index contributed by atoms with van der Waals surface area (Å²) in [6, 6.07) is 7.23. The number of rotatable bonds is 4. The van der Waals surface area contributed by atoms with Crippen LogP contribution in [-0.2, 0) is 13.5 Å². The first kappa shape index (κ1) is 13.5. The first-order valence-corrected chi connectivity index (χ1v) is 6.41. The summed E-state index contributed by atoms with van der Waals surface area (Å²) < 4.78 is 15.7. The number of nitrogens with zero attached hydrogens (tertiary/aromatic N) is 2. The third kappa shape index (κ3) is 3.11. The number of halogens is 1. The summed E-state index contributed by atoms with van der Waals surface area (Å²) in [4.78, 5) is 0. The molecule has 0 radical (unpaired) electrons. The molecule has 0 saturated carbocycles. The Morgan fingerprint density at radius 1 is 1.37 bits per heavy atom. The van der Waals surface area contributed by atoms with Crippen LogP contribution in [0.4, 0.5) is 4.39 Å². The molecule has 100 valence electrons. The van der Waals surface area contributed by atoms with Gasteiger partial charge in [0.25, 0.3) is 0 Å². The molecule has 1 heterocycles. The normalized spacial score (nSPS) is 10.7. The topological polar surface area (TPSA) is 17.8 Å². The van der Waals surface area contributed by atoms with E-state index in [1.54, 1.807) is 10.7 Å². The van der Waals surface area contributed by atoms with Crippen molar-refractivity contribution in [2.45, 2.75) is 26.7 Å². The molecule has 2 aromatic rings. The molecule has 0 aliphatic carbocycles. The van der Waals surface area contributed by atoms with E-state index in [1.807, 2.05) is 39.1 Å². The highest BCUT2D eigenvalue weighted by molar-refractivity contribution is 5.61. The molecule has 1 aromatic carbocycles. The lowest BCUT2D eigenvalue weighted by Gasteiger charge is -2.04. The van der Waals surface area contributed by atoms with E-state index in [0.717, 1.165) is 35.4 Å². The quantitative estimate of drug-likeness (QED) is 0.757. The SMILES string of the molecule is C=C(C)CCc1cc(-c2ccc(C)cc2F)n(C)n1. The number of aryl methyl sites for hydroxylation is 3. The van der Waals surface area contributed by atoms with Gasteiger partial charge in [-0.05, 0) is 50.5 Å². The van der Waals surface area contributed by atoms with E-state index >= 15 is 0 Å². The maximum atomic E-state index is 14.0. The molecule has 3 heteroatoms. The summed E-state index contributed by atoms with van der Waals surface area (Å²) in [7, 11) is 1.85. The number of hydrogen-bond acceptors (Lipinski definition) is 1. The Hall–Kier alpha value is -1.90. The van der Waals surface area contributed by atoms with Gasteiger partial charge in [-0.25, -0.2) is 4.39 Å². The van der Waals surface area contributed by atoms with Gasteiger partial charge in [0, 0.05) is 12.6 Å². The highest BCUT2D eigenvalue weighted by Crippen LogP contribution is 2.24. The smallest absolute Gasteiger partial charge is 0.132 e. The minimum atomic E-state index is -0.200. The van der Waals surface area contributed by atoms with Crippen molar-refractivity contribution in [2.24, 2.45) is 7.05 Å². The van der Waals surface area contributed by atoms with Gasteiger partial charge in [0.2, 0.25) is 0 Å². The zero-order chi connectivity index (χ0) is 14.0. The monoisotopic (exact) mass is 258 g/mol. The van der Waals surface area contributed by atoms with E-state index in [0.29, 0.717) is 5.56 Å². The molecule has 0 fully saturated rings. The van der Waals surface area contributed by atoms with Crippen molar-refractivity contribution >= 4 is 0 Å². The maximum Gasteiger partial charge on any atom is 0.132 e. The Bertz CT molecular complexity index is 611. The van der Waals surface area contributed by atoms with Crippen molar-refractivity contribution in [2.75, 3.05) is 0 Å². The van der Waals surface area contributed by atoms with Crippen LogP contribution < -0.4 is 0 Å². The molecule has 1 aromatic heterocycles. The molecule has 19 heavy (non-hydrogen) atoms. The van der Waals surface area contributed by atoms with Gasteiger partial charge in [0.15, 0.2) is 0 Å². The third-order valence-electron chi connectivity index (χ3n) is 3.14. The summed E-state index contributed by atoms with van der Waals surface area (Å²) in [5.41, 5.74) is 4.44. The van der Waals surface area contributed by atoms with Gasteiger partial charge in [-0.2, -0.15) is 5.10 Å². The minimum absolute atomic E-state index is 0.200. The predicted molar refractivity (Wildman–Crippen MR) is 76.5 cm³/mol. The van der Waals surface area contributed by atoms with Gasteiger partial charge < -0.3 is 0 Å². The van der Waals surface area contributed by atoms with Crippen molar-refractivity contribution < 1.29 is 4.39 Å². The number of hydrogen-bond donors (Lipinski definition) is 0. The highest BCUT2D eigenvalue weighted by Gasteiger charge is 2.11. The third-order valence-corrected chi connectivity index (χ3v) is 3.14. The van der Waals surface area contributed by atoms with E-state index in [9.17, 15) is 4.39 Å². The lowest BCUT2D eigenvalue weighted by Crippen LogP contribution is -1.96. The van der Waals surface area contributed by atoms with E-state index in [2.05, 4.69) is 11.7 Å². The molecule has 0 aliphatic heterocycles. The molecule has 0 atom stereocenters. The molecule has 2 nitrogen and oxygen atoms in total. The molecular weight excluding hydrogens is 239 g/mol. The van der Waals surface area contributed by atoms with Gasteiger partial charge in [0.05, 0.1) is 11.4 Å². The maximum absolute atomic E-state index is 14.0. The first-order chi connectivity index (χ1) is 8.97. The van der Waals surface area contributed by atoms with Crippen LogP contribution in [0.25, 0.3) is 11.3 Å². The van der Waals surface area contributed by atoms with E-state index in [4.69, 9.17) is 0 Å². The fraction of sp³-hybridized carbons (Fsp3) is 0.312. The van der Waals surface area contributed by atoms with Crippen LogP contribution in [0.2, 0.25) is 0 Å². The summed E-state index contributed by atoms with van der Waals surface area (Å²) in [6.07, 6.45) is 1.75. The Kier molecular flexibility index (Phi) is 3.84. The average Bonchev–Trinajstić information content (AvgIpc) is 2.68. The van der Waals surface area contributed by atoms with Crippen LogP contribution in [0.5, 0.6) is 0 Å². The zero-order valence-electron chi connectivity index (χ0n) is 11.7. The lowest BCUT2D eigenvalue weighted by atomic mass is 10.1. The lowest BCUT2D eigenvalue weighted by molar-refractivity contribution is 0.626. The molecule has 0 bridgehead atoms. The standard InChI is InChI=1S/C16H19FN2/c1-11(2)5-7-13-10-16(19(4)18-13)14-8-6-12(3)9-15(14)17/h6,8-10H,1,5,7H2,2-4H3. The Morgan fingerprint density at radius 2 is 2.11 bits per heavy atom. The van der Waals surface area contributed by atoms with Crippen LogP contribution in [0, 0.1) is 12.7 Å². The fourth-order valence-corrected chi connectivity index (χ4v) is 2.07. The van der Waals surface area contributed by atoms with Crippen molar-refractivity contribution in [1.29, 1.82) is 0 Å². The summed E-state index contributed by atoms with van der Waals surface area (Å²) in [6.45, 7) is 7.77. The van der Waals surface area contributed by atoms with Crippen molar-refractivity contribution in [3.63, 3.8) is 0 Å². The number of allylic oxidation sites excluding steroid dienone is 1. The fourth-order valence-electron chi connectivity index (χ4n) is 2.07. The molecule has 2 rings (SSSR count). The van der Waals surface area contributed by atoms with E-state index in [-0.39, 0.29) is 5.82 Å². The van der Waals surface area contributed by atoms with Crippen LogP contribution in [0.1, 0.15) is 24.6 Å². The zero-order valence-corrected chi connectivity index (χ0v) is 11.7. The largest absolute Gasteiger partial charge is 0.268 e. The Morgan fingerprint density at radius 3 is 2.74 bits per heavy atom. The van der Waals surface area contributed by atoms with Crippen molar-refractivity contribution in [3.8, 4) is 11.3 Å². The van der Waals surface area contributed by atoms with Crippen LogP contribution >= 0.6 is 0 Å².